The van der Waals surface area contributed by atoms with Gasteiger partial charge in [0.25, 0.3) is 0 Å². The third kappa shape index (κ3) is 2.46. The topological polar surface area (TPSA) is 65.4 Å². The fourth-order valence-corrected chi connectivity index (χ4v) is 2.77. The SMILES string of the molecule is Cc1cc(-c2ccc(Oc3ccccc3)cc2)c2c(N)ncnn12. The molecule has 0 aliphatic rings. The minimum Gasteiger partial charge on any atom is -0.457 e. The van der Waals surface area contributed by atoms with Crippen LogP contribution in [0.3, 0.4) is 0 Å². The van der Waals surface area contributed by atoms with Crippen LogP contribution in [0, 0.1) is 6.92 Å². The maximum atomic E-state index is 6.04. The first-order chi connectivity index (χ1) is 11.7. The van der Waals surface area contributed by atoms with Crippen LogP contribution in [0.2, 0.25) is 0 Å². The van der Waals surface area contributed by atoms with Crippen LogP contribution in [-0.4, -0.2) is 14.6 Å². The van der Waals surface area contributed by atoms with Crippen molar-refractivity contribution in [2.24, 2.45) is 0 Å². The Hall–Kier alpha value is -3.34. The molecule has 0 saturated heterocycles. The number of anilines is 1. The maximum Gasteiger partial charge on any atom is 0.151 e. The Balaban J connectivity index is 1.71. The van der Waals surface area contributed by atoms with Crippen molar-refractivity contribution in [2.75, 3.05) is 5.73 Å². The predicted molar refractivity (Wildman–Crippen MR) is 94.1 cm³/mol. The van der Waals surface area contributed by atoms with Crippen LogP contribution in [0.4, 0.5) is 5.82 Å². The summed E-state index contributed by atoms with van der Waals surface area (Å²) in [6.45, 7) is 2.00. The molecule has 0 spiro atoms. The average Bonchev–Trinajstić information content (AvgIpc) is 2.95. The number of aromatic nitrogens is 3. The summed E-state index contributed by atoms with van der Waals surface area (Å²) < 4.78 is 7.64. The van der Waals surface area contributed by atoms with Crippen molar-refractivity contribution in [3.05, 3.63) is 72.7 Å². The third-order valence-corrected chi connectivity index (χ3v) is 3.91. The molecule has 118 valence electrons. The Kier molecular flexibility index (Phi) is 3.39. The molecule has 2 aromatic carbocycles. The van der Waals surface area contributed by atoms with E-state index in [1.807, 2.05) is 66.0 Å². The number of ether oxygens (including phenoxy) is 1. The van der Waals surface area contributed by atoms with Crippen molar-refractivity contribution in [1.29, 1.82) is 0 Å². The van der Waals surface area contributed by atoms with Crippen LogP contribution in [-0.2, 0) is 0 Å². The zero-order valence-corrected chi connectivity index (χ0v) is 13.2. The van der Waals surface area contributed by atoms with E-state index in [1.165, 1.54) is 6.33 Å². The molecule has 0 atom stereocenters. The highest BCUT2D eigenvalue weighted by Gasteiger charge is 2.12. The Morgan fingerprint density at radius 1 is 0.958 bits per heavy atom. The number of hydrogen-bond acceptors (Lipinski definition) is 4. The number of nitrogens with two attached hydrogens (primary N) is 1. The Labute approximate surface area is 139 Å². The number of hydrogen-bond donors (Lipinski definition) is 1. The lowest BCUT2D eigenvalue weighted by molar-refractivity contribution is 0.483. The second kappa shape index (κ2) is 5.70. The smallest absolute Gasteiger partial charge is 0.151 e. The van der Waals surface area contributed by atoms with Gasteiger partial charge in [-0.15, -0.1) is 0 Å². The fourth-order valence-electron chi connectivity index (χ4n) is 2.77. The standard InChI is InChI=1S/C19H16N4O/c1-13-11-17(18-19(20)21-12-22-23(13)18)14-7-9-16(10-8-14)24-15-5-3-2-4-6-15/h2-12H,1H3,(H2,20,21,22). The number of fused-ring (bicyclic) bond motifs is 1. The van der Waals surface area contributed by atoms with E-state index in [1.54, 1.807) is 0 Å². The molecule has 0 bridgehead atoms. The van der Waals surface area contributed by atoms with Crippen LogP contribution in [0.5, 0.6) is 11.5 Å². The van der Waals surface area contributed by atoms with E-state index >= 15 is 0 Å². The minimum atomic E-state index is 0.470. The molecule has 0 saturated carbocycles. The van der Waals surface area contributed by atoms with E-state index in [0.717, 1.165) is 33.8 Å². The molecule has 2 heterocycles. The van der Waals surface area contributed by atoms with Crippen molar-refractivity contribution in [2.45, 2.75) is 6.92 Å². The molecule has 4 aromatic rings. The van der Waals surface area contributed by atoms with E-state index in [4.69, 9.17) is 10.5 Å². The number of nitrogens with zero attached hydrogens (tertiary/aromatic N) is 3. The molecule has 0 aliphatic carbocycles. The number of aryl methyl sites for hydroxylation is 1. The van der Waals surface area contributed by atoms with Gasteiger partial charge in [-0.2, -0.15) is 5.10 Å². The molecule has 2 N–H and O–H groups in total. The van der Waals surface area contributed by atoms with Gasteiger partial charge in [-0.1, -0.05) is 30.3 Å². The summed E-state index contributed by atoms with van der Waals surface area (Å²) in [4.78, 5) is 4.10. The number of benzene rings is 2. The molecular weight excluding hydrogens is 300 g/mol. The van der Waals surface area contributed by atoms with Gasteiger partial charge in [0.05, 0.1) is 0 Å². The Morgan fingerprint density at radius 3 is 2.42 bits per heavy atom. The number of nitrogen functional groups attached to an aromatic ring is 1. The second-order valence-electron chi connectivity index (χ2n) is 5.54. The van der Waals surface area contributed by atoms with Gasteiger partial charge in [0, 0.05) is 11.3 Å². The van der Waals surface area contributed by atoms with Gasteiger partial charge >= 0.3 is 0 Å². The van der Waals surface area contributed by atoms with Crippen LogP contribution in [0.15, 0.2) is 67.0 Å². The lowest BCUT2D eigenvalue weighted by atomic mass is 10.1. The van der Waals surface area contributed by atoms with Gasteiger partial charge in [-0.25, -0.2) is 9.50 Å². The van der Waals surface area contributed by atoms with Crippen LogP contribution in [0.25, 0.3) is 16.6 Å². The number of para-hydroxylation sites is 1. The lowest BCUT2D eigenvalue weighted by Crippen LogP contribution is -2.00. The highest BCUT2D eigenvalue weighted by Crippen LogP contribution is 2.31. The zero-order chi connectivity index (χ0) is 16.5. The summed E-state index contributed by atoms with van der Waals surface area (Å²) in [5.41, 5.74) is 9.94. The molecule has 0 unspecified atom stereocenters. The highest BCUT2D eigenvalue weighted by atomic mass is 16.5. The quantitative estimate of drug-likeness (QED) is 0.618. The van der Waals surface area contributed by atoms with Crippen molar-refractivity contribution in [1.82, 2.24) is 14.6 Å². The maximum absolute atomic E-state index is 6.04. The summed E-state index contributed by atoms with van der Waals surface area (Å²) in [7, 11) is 0. The molecule has 0 fully saturated rings. The highest BCUT2D eigenvalue weighted by molar-refractivity contribution is 5.88. The zero-order valence-electron chi connectivity index (χ0n) is 13.2. The molecule has 0 aliphatic heterocycles. The molecule has 4 rings (SSSR count). The Bertz CT molecular complexity index is 991. The van der Waals surface area contributed by atoms with Crippen molar-refractivity contribution in [3.63, 3.8) is 0 Å². The third-order valence-electron chi connectivity index (χ3n) is 3.91. The summed E-state index contributed by atoms with van der Waals surface area (Å²) in [6, 6.07) is 19.7. The second-order valence-corrected chi connectivity index (χ2v) is 5.54. The van der Waals surface area contributed by atoms with Crippen LogP contribution < -0.4 is 10.5 Å². The van der Waals surface area contributed by atoms with Crippen molar-refractivity contribution >= 4 is 11.3 Å². The first-order valence-electron chi connectivity index (χ1n) is 7.64. The first kappa shape index (κ1) is 14.3. The molecule has 5 nitrogen and oxygen atoms in total. The lowest BCUT2D eigenvalue weighted by Gasteiger charge is -2.07. The van der Waals surface area contributed by atoms with Crippen molar-refractivity contribution in [3.8, 4) is 22.6 Å². The van der Waals surface area contributed by atoms with E-state index in [0.29, 0.717) is 5.82 Å². The predicted octanol–water partition coefficient (Wildman–Crippen LogP) is 4.08. The molecule has 2 aromatic heterocycles. The fraction of sp³-hybridized carbons (Fsp3) is 0.0526. The van der Waals surface area contributed by atoms with E-state index in [-0.39, 0.29) is 0 Å². The van der Waals surface area contributed by atoms with Gasteiger partial charge in [-0.3, -0.25) is 0 Å². The molecule has 5 heteroatoms. The summed E-state index contributed by atoms with van der Waals surface area (Å²) in [6.07, 6.45) is 1.47. The normalized spacial score (nSPS) is 10.9. The number of rotatable bonds is 3. The van der Waals surface area contributed by atoms with Gasteiger partial charge in [0.15, 0.2) is 5.82 Å². The molecule has 0 radical (unpaired) electrons. The molecule has 0 amide bonds. The van der Waals surface area contributed by atoms with Crippen LogP contribution in [0.1, 0.15) is 5.69 Å². The van der Waals surface area contributed by atoms with Gasteiger partial charge in [0.1, 0.15) is 23.3 Å². The van der Waals surface area contributed by atoms with E-state index < -0.39 is 0 Å². The van der Waals surface area contributed by atoms with Crippen LogP contribution >= 0.6 is 0 Å². The Morgan fingerprint density at radius 2 is 1.67 bits per heavy atom. The van der Waals surface area contributed by atoms with Gasteiger partial charge in [-0.05, 0) is 42.8 Å². The summed E-state index contributed by atoms with van der Waals surface area (Å²) >= 11 is 0. The average molecular weight is 316 g/mol. The van der Waals surface area contributed by atoms with E-state index in [9.17, 15) is 0 Å². The monoisotopic (exact) mass is 316 g/mol. The van der Waals surface area contributed by atoms with Gasteiger partial charge in [0.2, 0.25) is 0 Å². The summed E-state index contributed by atoms with van der Waals surface area (Å²) in [5, 5.41) is 4.26. The first-order valence-corrected chi connectivity index (χ1v) is 7.64. The molecule has 24 heavy (non-hydrogen) atoms. The minimum absolute atomic E-state index is 0.470. The van der Waals surface area contributed by atoms with Crippen molar-refractivity contribution < 1.29 is 4.74 Å². The largest absolute Gasteiger partial charge is 0.457 e. The van der Waals surface area contributed by atoms with Gasteiger partial charge < -0.3 is 10.5 Å². The summed E-state index contributed by atoms with van der Waals surface area (Å²) in [5.74, 6) is 2.07. The van der Waals surface area contributed by atoms with E-state index in [2.05, 4.69) is 16.1 Å². The molecular formula is C19H16N4O.